The molecule has 140 valence electrons. The highest BCUT2D eigenvalue weighted by molar-refractivity contribution is 5.95. The maximum absolute atomic E-state index is 12.1. The number of halogens is 1. The number of hydrogen-bond acceptors (Lipinski definition) is 4. The molecule has 0 bridgehead atoms. The number of piperidine rings is 1. The molecule has 0 aliphatic carbocycles. The number of methoxy groups -OCH3 is 1. The van der Waals surface area contributed by atoms with Crippen LogP contribution in [0.3, 0.4) is 0 Å². The Morgan fingerprint density at radius 1 is 1.24 bits per heavy atom. The molecule has 25 heavy (non-hydrogen) atoms. The summed E-state index contributed by atoms with van der Waals surface area (Å²) in [6, 6.07) is 7.15. The largest absolute Gasteiger partial charge is 0.372 e. The Bertz CT molecular complexity index is 562. The van der Waals surface area contributed by atoms with Gasteiger partial charge in [-0.3, -0.25) is 9.59 Å². The molecule has 1 atom stereocenters. The molecule has 1 heterocycles. The molecule has 1 aliphatic rings. The monoisotopic (exact) mass is 369 g/mol. The average Bonchev–Trinajstić information content (AvgIpc) is 2.60. The minimum absolute atomic E-state index is 0. The predicted octanol–water partition coefficient (Wildman–Crippen LogP) is 2.80. The summed E-state index contributed by atoms with van der Waals surface area (Å²) in [7, 11) is 1.49. The minimum atomic E-state index is -0.520. The van der Waals surface area contributed by atoms with Gasteiger partial charge in [0.1, 0.15) is 6.10 Å². The molecule has 1 aliphatic heterocycles. The van der Waals surface area contributed by atoms with Crippen LogP contribution in [0, 0.1) is 5.92 Å². The first-order valence-corrected chi connectivity index (χ1v) is 8.52. The lowest BCUT2D eigenvalue weighted by atomic mass is 9.93. The molecule has 6 nitrogen and oxygen atoms in total. The van der Waals surface area contributed by atoms with Crippen molar-refractivity contribution in [3.05, 3.63) is 24.3 Å². The first kappa shape index (κ1) is 21.4. The van der Waals surface area contributed by atoms with Crippen molar-refractivity contribution in [1.29, 1.82) is 0 Å². The third-order valence-corrected chi connectivity index (χ3v) is 4.38. The lowest BCUT2D eigenvalue weighted by Gasteiger charge is -2.22. The van der Waals surface area contributed by atoms with Gasteiger partial charge in [0.25, 0.3) is 5.91 Å². The van der Waals surface area contributed by atoms with Gasteiger partial charge in [-0.05, 0) is 63.4 Å². The summed E-state index contributed by atoms with van der Waals surface area (Å²) in [5.74, 6) is 0.437. The molecule has 1 fully saturated rings. The van der Waals surface area contributed by atoms with Gasteiger partial charge in [-0.1, -0.05) is 6.07 Å². The Morgan fingerprint density at radius 3 is 2.52 bits per heavy atom. The molecule has 0 radical (unpaired) electrons. The lowest BCUT2D eigenvalue weighted by molar-refractivity contribution is -0.124. The number of carbonyl (C=O) groups excluding carboxylic acids is 2. The highest BCUT2D eigenvalue weighted by atomic mass is 35.5. The molecule has 0 aromatic heterocycles. The molecule has 0 spiro atoms. The summed E-state index contributed by atoms with van der Waals surface area (Å²) in [6.45, 7) is 3.78. The van der Waals surface area contributed by atoms with Crippen LogP contribution in [0.4, 0.5) is 11.4 Å². The van der Waals surface area contributed by atoms with Crippen molar-refractivity contribution in [2.75, 3.05) is 30.8 Å². The summed E-state index contributed by atoms with van der Waals surface area (Å²) in [5, 5.41) is 9.00. The lowest BCUT2D eigenvalue weighted by Crippen LogP contribution is -2.28. The molecule has 1 unspecified atom stereocenters. The average molecular weight is 370 g/mol. The SMILES string of the molecule is COC(C)C(=O)Nc1cccc(NC(=O)CCC2CCNCC2)c1.Cl. The van der Waals surface area contributed by atoms with Crippen molar-refractivity contribution in [2.24, 2.45) is 5.92 Å². The molecular formula is C18H28ClN3O3. The smallest absolute Gasteiger partial charge is 0.253 e. The van der Waals surface area contributed by atoms with Gasteiger partial charge in [-0.25, -0.2) is 0 Å². The Hall–Kier alpha value is -1.63. The van der Waals surface area contributed by atoms with Crippen LogP contribution in [-0.4, -0.2) is 38.1 Å². The Labute approximate surface area is 155 Å². The maximum Gasteiger partial charge on any atom is 0.253 e. The number of hydrogen-bond donors (Lipinski definition) is 3. The van der Waals surface area contributed by atoms with Gasteiger partial charge < -0.3 is 20.7 Å². The Morgan fingerprint density at radius 2 is 1.88 bits per heavy atom. The molecule has 1 saturated heterocycles. The van der Waals surface area contributed by atoms with E-state index in [1.54, 1.807) is 25.1 Å². The minimum Gasteiger partial charge on any atom is -0.372 e. The summed E-state index contributed by atoms with van der Waals surface area (Å²) >= 11 is 0. The highest BCUT2D eigenvalue weighted by Gasteiger charge is 2.15. The van der Waals surface area contributed by atoms with E-state index in [-0.39, 0.29) is 24.2 Å². The Kier molecular flexibility index (Phi) is 9.49. The summed E-state index contributed by atoms with van der Waals surface area (Å²) in [4.78, 5) is 23.9. The summed E-state index contributed by atoms with van der Waals surface area (Å²) < 4.78 is 4.98. The van der Waals surface area contributed by atoms with Crippen LogP contribution < -0.4 is 16.0 Å². The molecule has 2 rings (SSSR count). The van der Waals surface area contributed by atoms with E-state index in [0.29, 0.717) is 23.7 Å². The number of carbonyl (C=O) groups is 2. The van der Waals surface area contributed by atoms with E-state index in [4.69, 9.17) is 4.74 Å². The van der Waals surface area contributed by atoms with Gasteiger partial charge in [-0.2, -0.15) is 0 Å². The summed E-state index contributed by atoms with van der Waals surface area (Å²) in [6.07, 6.45) is 3.23. The van der Waals surface area contributed by atoms with Crippen molar-refractivity contribution in [2.45, 2.75) is 38.7 Å². The zero-order valence-electron chi connectivity index (χ0n) is 14.8. The van der Waals surface area contributed by atoms with Gasteiger partial charge in [0.15, 0.2) is 0 Å². The predicted molar refractivity (Wildman–Crippen MR) is 102 cm³/mol. The van der Waals surface area contributed by atoms with Crippen molar-refractivity contribution in [3.63, 3.8) is 0 Å². The number of amides is 2. The summed E-state index contributed by atoms with van der Waals surface area (Å²) in [5.41, 5.74) is 1.33. The van der Waals surface area contributed by atoms with Crippen molar-refractivity contribution in [3.8, 4) is 0 Å². The number of ether oxygens (including phenoxy) is 1. The zero-order chi connectivity index (χ0) is 17.4. The van der Waals surface area contributed by atoms with Crippen LogP contribution in [0.15, 0.2) is 24.3 Å². The first-order chi connectivity index (χ1) is 11.6. The molecule has 7 heteroatoms. The van der Waals surface area contributed by atoms with Crippen molar-refractivity contribution in [1.82, 2.24) is 5.32 Å². The van der Waals surface area contributed by atoms with Gasteiger partial charge in [-0.15, -0.1) is 12.4 Å². The van der Waals surface area contributed by atoms with E-state index in [1.807, 2.05) is 6.07 Å². The van der Waals surface area contributed by atoms with E-state index in [2.05, 4.69) is 16.0 Å². The number of benzene rings is 1. The van der Waals surface area contributed by atoms with Crippen molar-refractivity contribution < 1.29 is 14.3 Å². The van der Waals surface area contributed by atoms with Crippen LogP contribution >= 0.6 is 12.4 Å². The normalized spacial score (nSPS) is 15.8. The standard InChI is InChI=1S/C18H27N3O3.ClH/c1-13(24-2)18(23)21-16-5-3-4-15(12-16)20-17(22)7-6-14-8-10-19-11-9-14;/h3-5,12-14,19H,6-11H2,1-2H3,(H,20,22)(H,21,23);1H. The fourth-order valence-corrected chi connectivity index (χ4v) is 2.75. The Balaban J connectivity index is 0.00000312. The van der Waals surface area contributed by atoms with Crippen LogP contribution in [0.1, 0.15) is 32.6 Å². The van der Waals surface area contributed by atoms with Crippen LogP contribution in [0.25, 0.3) is 0 Å². The van der Waals surface area contributed by atoms with E-state index >= 15 is 0 Å². The van der Waals surface area contributed by atoms with Gasteiger partial charge in [0, 0.05) is 24.9 Å². The number of rotatable bonds is 7. The maximum atomic E-state index is 12.1. The third-order valence-electron chi connectivity index (χ3n) is 4.38. The van der Waals surface area contributed by atoms with E-state index < -0.39 is 6.10 Å². The first-order valence-electron chi connectivity index (χ1n) is 8.52. The second-order valence-corrected chi connectivity index (χ2v) is 6.23. The molecule has 2 amide bonds. The fourth-order valence-electron chi connectivity index (χ4n) is 2.75. The highest BCUT2D eigenvalue weighted by Crippen LogP contribution is 2.19. The van der Waals surface area contributed by atoms with Gasteiger partial charge >= 0.3 is 0 Å². The van der Waals surface area contributed by atoms with Gasteiger partial charge in [0.05, 0.1) is 0 Å². The van der Waals surface area contributed by atoms with Crippen LogP contribution in [0.5, 0.6) is 0 Å². The van der Waals surface area contributed by atoms with E-state index in [9.17, 15) is 9.59 Å². The third kappa shape index (κ3) is 7.42. The second kappa shape index (κ2) is 11.1. The molecule has 1 aromatic rings. The second-order valence-electron chi connectivity index (χ2n) is 6.23. The molecule has 1 aromatic carbocycles. The van der Waals surface area contributed by atoms with Crippen LogP contribution in [0.2, 0.25) is 0 Å². The fraction of sp³-hybridized carbons (Fsp3) is 0.556. The molecule has 0 saturated carbocycles. The molecular weight excluding hydrogens is 342 g/mol. The van der Waals surface area contributed by atoms with Gasteiger partial charge in [0.2, 0.25) is 5.91 Å². The number of nitrogens with one attached hydrogen (secondary N) is 3. The topological polar surface area (TPSA) is 79.5 Å². The van der Waals surface area contributed by atoms with Crippen molar-refractivity contribution >= 4 is 35.6 Å². The quantitative estimate of drug-likeness (QED) is 0.690. The zero-order valence-corrected chi connectivity index (χ0v) is 15.7. The van der Waals surface area contributed by atoms with E-state index in [0.717, 1.165) is 32.4 Å². The molecule has 3 N–H and O–H groups in total. The van der Waals surface area contributed by atoms with Crippen LogP contribution in [-0.2, 0) is 14.3 Å². The number of anilines is 2. The van der Waals surface area contributed by atoms with E-state index in [1.165, 1.54) is 7.11 Å².